The van der Waals surface area contributed by atoms with Crippen LogP contribution in [0, 0.1) is 5.82 Å². The average molecular weight is 551 g/mol. The minimum atomic E-state index is -4.71. The number of hydrogen-bond donors (Lipinski definition) is 0. The van der Waals surface area contributed by atoms with Crippen LogP contribution >= 0.6 is 0 Å². The zero-order valence-corrected chi connectivity index (χ0v) is 22.8. The first-order valence-electron chi connectivity index (χ1n) is 10.0. The maximum absolute atomic E-state index is 16.2. The van der Waals surface area contributed by atoms with Crippen LogP contribution in [0.5, 0.6) is 0 Å². The van der Waals surface area contributed by atoms with E-state index in [4.69, 9.17) is 0 Å². The summed E-state index contributed by atoms with van der Waals surface area (Å²) in [6.07, 6.45) is 0. The van der Waals surface area contributed by atoms with Crippen molar-refractivity contribution in [3.63, 3.8) is 0 Å². The molecular formula is C24H32F2N3SSn+. The molecule has 0 N–H and O–H groups in total. The van der Waals surface area contributed by atoms with E-state index in [9.17, 15) is 4.39 Å². The van der Waals surface area contributed by atoms with Crippen molar-refractivity contribution in [1.82, 2.24) is 12.9 Å². The van der Waals surface area contributed by atoms with Crippen molar-refractivity contribution in [2.45, 2.75) is 0 Å². The first kappa shape index (κ1) is 25.8. The first-order chi connectivity index (χ1) is 14.7. The molecule has 0 saturated carbocycles. The molecule has 3 rings (SSSR count). The molecule has 0 aliphatic carbocycles. The Hall–Kier alpha value is -1.45. The molecule has 0 amide bonds. The van der Waals surface area contributed by atoms with Crippen LogP contribution in [0.2, 0.25) is 0 Å². The molecule has 0 fully saturated rings. The van der Waals surface area contributed by atoms with Crippen LogP contribution in [0.25, 0.3) is 0 Å². The van der Waals surface area contributed by atoms with Gasteiger partial charge in [0.25, 0.3) is 11.5 Å². The molecule has 0 aromatic heterocycles. The molecule has 0 unspecified atom stereocenters. The summed E-state index contributed by atoms with van der Waals surface area (Å²) < 4.78 is 38.6. The van der Waals surface area contributed by atoms with E-state index in [1.807, 2.05) is 36.4 Å². The van der Waals surface area contributed by atoms with Gasteiger partial charge in [0.15, 0.2) is 0 Å². The van der Waals surface area contributed by atoms with Gasteiger partial charge in [0.1, 0.15) is 0 Å². The van der Waals surface area contributed by atoms with Gasteiger partial charge in [-0.25, -0.2) is 0 Å². The van der Waals surface area contributed by atoms with E-state index >= 15 is 2.87 Å². The van der Waals surface area contributed by atoms with E-state index in [1.165, 1.54) is 6.07 Å². The van der Waals surface area contributed by atoms with Crippen molar-refractivity contribution in [3.8, 4) is 0 Å². The van der Waals surface area contributed by atoms with E-state index in [-0.39, 0.29) is 15.0 Å². The zero-order chi connectivity index (χ0) is 23.0. The zero-order valence-electron chi connectivity index (χ0n) is 19.1. The Morgan fingerprint density at radius 2 is 0.935 bits per heavy atom. The van der Waals surface area contributed by atoms with Gasteiger partial charge >= 0.3 is 128 Å². The Morgan fingerprint density at radius 1 is 0.581 bits per heavy atom. The van der Waals surface area contributed by atoms with Crippen LogP contribution < -0.4 is 10.7 Å². The summed E-state index contributed by atoms with van der Waals surface area (Å²) in [5.74, 6) is -0.455. The van der Waals surface area contributed by atoms with E-state index in [0.29, 0.717) is 7.16 Å². The van der Waals surface area contributed by atoms with Crippen molar-refractivity contribution in [3.05, 3.63) is 90.7 Å². The monoisotopic (exact) mass is 552 g/mol. The first-order valence-corrected chi connectivity index (χ1v) is 16.5. The molecule has 0 atom stereocenters. The van der Waals surface area contributed by atoms with Gasteiger partial charge in [-0.15, -0.1) is 0 Å². The van der Waals surface area contributed by atoms with Gasteiger partial charge in [-0.3, -0.25) is 0 Å². The van der Waals surface area contributed by atoms with Gasteiger partial charge in [-0.1, -0.05) is 12.9 Å². The SMILES string of the molecule is CN(C)[S+](N(C)C)N(C)C.Fc1cccc[c]1[Sn]([F])([c]1ccccc1)[c]1ccccc1. The maximum atomic E-state index is 16.2. The molecule has 7 heteroatoms. The van der Waals surface area contributed by atoms with Gasteiger partial charge < -0.3 is 0 Å². The van der Waals surface area contributed by atoms with E-state index in [1.54, 1.807) is 42.5 Å². The van der Waals surface area contributed by atoms with Crippen LogP contribution in [0.1, 0.15) is 0 Å². The Bertz CT molecular complexity index is 866. The van der Waals surface area contributed by atoms with Crippen LogP contribution in [0.15, 0.2) is 84.9 Å². The summed E-state index contributed by atoms with van der Waals surface area (Å²) in [4.78, 5) is 0. The van der Waals surface area contributed by atoms with Gasteiger partial charge in [0.05, 0.1) is 0 Å². The Morgan fingerprint density at radius 3 is 1.26 bits per heavy atom. The van der Waals surface area contributed by atoms with Crippen molar-refractivity contribution < 1.29 is 7.26 Å². The Balaban J connectivity index is 0.000000291. The third kappa shape index (κ3) is 6.52. The minimum absolute atomic E-state index is 0.120. The molecule has 0 spiro atoms. The summed E-state index contributed by atoms with van der Waals surface area (Å²) in [6, 6.07) is 24.3. The van der Waals surface area contributed by atoms with Crippen molar-refractivity contribution in [2.75, 3.05) is 42.3 Å². The summed E-state index contributed by atoms with van der Waals surface area (Å²) in [6.45, 7) is 0. The molecule has 3 nitrogen and oxygen atoms in total. The second-order valence-corrected chi connectivity index (χ2v) is 18.8. The fourth-order valence-corrected chi connectivity index (χ4v) is 14.0. The quantitative estimate of drug-likeness (QED) is 0.345. The molecule has 0 heterocycles. The van der Waals surface area contributed by atoms with Crippen molar-refractivity contribution in [1.29, 1.82) is 0 Å². The van der Waals surface area contributed by atoms with Gasteiger partial charge in [-0.05, 0) is 0 Å². The van der Waals surface area contributed by atoms with Crippen LogP contribution in [-0.2, 0) is 11.5 Å². The summed E-state index contributed by atoms with van der Waals surface area (Å²) >= 11 is -4.59. The van der Waals surface area contributed by atoms with Gasteiger partial charge in [0, 0.05) is 42.3 Å². The Kier molecular flexibility index (Phi) is 9.96. The second kappa shape index (κ2) is 12.0. The molecular weight excluding hydrogens is 519 g/mol. The molecule has 0 aliphatic rings. The number of benzene rings is 3. The van der Waals surface area contributed by atoms with E-state index in [0.717, 1.165) is 0 Å². The summed E-state index contributed by atoms with van der Waals surface area (Å²) in [7, 11) is 12.5. The number of nitrogens with zero attached hydrogens (tertiary/aromatic N) is 3. The molecule has 0 bridgehead atoms. The summed E-state index contributed by atoms with van der Waals surface area (Å²) in [5.41, 5.74) is 0. The van der Waals surface area contributed by atoms with Crippen molar-refractivity contribution in [2.24, 2.45) is 0 Å². The number of hydrogen-bond acceptors (Lipinski definition) is 3. The number of halogens is 2. The average Bonchev–Trinajstić information content (AvgIpc) is 2.74. The fourth-order valence-electron chi connectivity index (χ4n) is 3.53. The third-order valence-electron chi connectivity index (χ3n) is 4.57. The van der Waals surface area contributed by atoms with Gasteiger partial charge in [-0.2, -0.15) is 0 Å². The van der Waals surface area contributed by atoms with E-state index < -0.39 is 24.8 Å². The predicted molar refractivity (Wildman–Crippen MR) is 133 cm³/mol. The normalized spacial score (nSPS) is 11.7. The molecule has 166 valence electrons. The molecule has 3 aromatic rings. The summed E-state index contributed by atoms with van der Waals surface area (Å²) in [5, 5.41) is 0. The Labute approximate surface area is 193 Å². The second-order valence-electron chi connectivity index (χ2n) is 7.55. The third-order valence-corrected chi connectivity index (χ3v) is 16.2. The molecule has 0 saturated heterocycles. The fraction of sp³-hybridized carbons (Fsp3) is 0.250. The standard InChI is InChI=1S/C6H4F.C6H18N3S.2C6H5.FH.Sn/c7-6-4-2-1-3-5-6;1-7(2)10(8(3)4)9(5)6;2*1-2-4-6-5-3-1;;/h1-4H;1-6H3;2*1-5H;1H;/q;+1;;;;+1/p-1. The molecule has 3 aromatic carbocycles. The van der Waals surface area contributed by atoms with Crippen LogP contribution in [-0.4, -0.2) is 74.2 Å². The van der Waals surface area contributed by atoms with Crippen LogP contribution in [0.3, 0.4) is 0 Å². The molecule has 31 heavy (non-hydrogen) atoms. The van der Waals surface area contributed by atoms with E-state index in [2.05, 4.69) is 55.2 Å². The topological polar surface area (TPSA) is 9.72 Å². The number of rotatable bonds is 6. The predicted octanol–water partition coefficient (Wildman–Crippen LogP) is 2.80. The van der Waals surface area contributed by atoms with Crippen molar-refractivity contribution >= 4 is 41.1 Å². The van der Waals surface area contributed by atoms with Crippen LogP contribution in [0.4, 0.5) is 7.26 Å². The van der Waals surface area contributed by atoms with Gasteiger partial charge in [0.2, 0.25) is 0 Å². The molecule has 0 aliphatic heterocycles. The molecule has 0 radical (unpaired) electrons.